The number of anilines is 1. The molecule has 1 fully saturated rings. The van der Waals surface area contributed by atoms with Crippen LogP contribution in [0.25, 0.3) is 20.7 Å². The summed E-state index contributed by atoms with van der Waals surface area (Å²) >= 11 is 2.76. The van der Waals surface area contributed by atoms with Crippen molar-refractivity contribution in [3.05, 3.63) is 57.8 Å². The number of likely N-dealkylation sites (tertiary alicyclic amines) is 1. The molecule has 4 aromatic rings. The van der Waals surface area contributed by atoms with Crippen LogP contribution in [0.5, 0.6) is 0 Å². The van der Waals surface area contributed by atoms with Crippen molar-refractivity contribution >= 4 is 56.5 Å². The molecule has 5 rings (SSSR count). The number of rotatable bonds is 7. The van der Waals surface area contributed by atoms with Gasteiger partial charge in [-0.05, 0) is 71.7 Å². The Balaban J connectivity index is 1.51. The summed E-state index contributed by atoms with van der Waals surface area (Å²) in [6, 6.07) is 7.59. The SMILES string of the molecule is CCOC(=O)CCC#Cc1cc2c(N(C(=O)c3ccc(-c4nnc(C)s4)cc3F)[C@@H]3CCCN(C(=O)OC(C)(C)C)C3)nccc2s1. The number of carbonyl (C=O) groups excluding carboxylic acids is 3. The predicted octanol–water partition coefficient (Wildman–Crippen LogP) is 7.00. The second kappa shape index (κ2) is 14.6. The monoisotopic (exact) mass is 677 g/mol. The highest BCUT2D eigenvalue weighted by atomic mass is 32.1. The summed E-state index contributed by atoms with van der Waals surface area (Å²) in [6.07, 6.45) is 2.86. The zero-order valence-electron chi connectivity index (χ0n) is 27.0. The van der Waals surface area contributed by atoms with E-state index in [0.29, 0.717) is 54.2 Å². The van der Waals surface area contributed by atoms with Gasteiger partial charge in [0.15, 0.2) is 0 Å². The Morgan fingerprint density at radius 3 is 2.66 bits per heavy atom. The van der Waals surface area contributed by atoms with Gasteiger partial charge in [-0.15, -0.1) is 21.5 Å². The van der Waals surface area contributed by atoms with Crippen LogP contribution in [0.15, 0.2) is 36.5 Å². The minimum atomic E-state index is -0.698. The van der Waals surface area contributed by atoms with E-state index in [1.807, 2.05) is 19.1 Å². The molecular weight excluding hydrogens is 642 g/mol. The number of piperidine rings is 1. The van der Waals surface area contributed by atoms with E-state index >= 15 is 4.39 Å². The van der Waals surface area contributed by atoms with Crippen LogP contribution in [-0.4, -0.2) is 69.4 Å². The van der Waals surface area contributed by atoms with E-state index in [2.05, 4.69) is 27.0 Å². The van der Waals surface area contributed by atoms with E-state index in [1.54, 1.807) is 44.9 Å². The normalized spacial score (nSPS) is 14.8. The summed E-state index contributed by atoms with van der Waals surface area (Å²) in [7, 11) is 0. The molecule has 1 saturated heterocycles. The Kier molecular flexibility index (Phi) is 10.5. The summed E-state index contributed by atoms with van der Waals surface area (Å²) in [5, 5.41) is 10.1. The quantitative estimate of drug-likeness (QED) is 0.152. The molecule has 0 N–H and O–H groups in total. The molecule has 246 valence electrons. The fourth-order valence-electron chi connectivity index (χ4n) is 5.21. The maximum Gasteiger partial charge on any atom is 0.410 e. The van der Waals surface area contributed by atoms with Crippen LogP contribution in [-0.2, 0) is 14.3 Å². The molecule has 1 aromatic carbocycles. The number of aromatic nitrogens is 3. The van der Waals surface area contributed by atoms with Gasteiger partial charge in [0.1, 0.15) is 27.3 Å². The number of fused-ring (bicyclic) bond motifs is 1. The van der Waals surface area contributed by atoms with E-state index in [0.717, 1.165) is 14.6 Å². The Morgan fingerprint density at radius 1 is 1.15 bits per heavy atom. The minimum Gasteiger partial charge on any atom is -0.466 e. The van der Waals surface area contributed by atoms with E-state index in [9.17, 15) is 14.4 Å². The Hall–Kier alpha value is -4.41. The number of hydrogen-bond acceptors (Lipinski definition) is 10. The molecule has 1 aliphatic rings. The number of nitrogens with zero attached hydrogens (tertiary/aromatic N) is 5. The summed E-state index contributed by atoms with van der Waals surface area (Å²) < 4.78 is 27.2. The van der Waals surface area contributed by atoms with Gasteiger partial charge in [0.25, 0.3) is 5.91 Å². The van der Waals surface area contributed by atoms with Gasteiger partial charge < -0.3 is 14.4 Å². The molecule has 47 heavy (non-hydrogen) atoms. The van der Waals surface area contributed by atoms with Crippen LogP contribution < -0.4 is 4.90 Å². The highest BCUT2D eigenvalue weighted by Gasteiger charge is 2.36. The third kappa shape index (κ3) is 8.31. The molecule has 0 bridgehead atoms. The van der Waals surface area contributed by atoms with Crippen molar-refractivity contribution in [2.45, 2.75) is 71.9 Å². The molecule has 4 heterocycles. The van der Waals surface area contributed by atoms with Crippen LogP contribution in [0, 0.1) is 24.6 Å². The summed E-state index contributed by atoms with van der Waals surface area (Å²) in [5.74, 6) is 4.90. The molecule has 2 amide bonds. The molecule has 0 radical (unpaired) electrons. The molecule has 3 aromatic heterocycles. The molecule has 10 nitrogen and oxygen atoms in total. The van der Waals surface area contributed by atoms with Gasteiger partial charge in [-0.2, -0.15) is 0 Å². The molecule has 13 heteroatoms. The average molecular weight is 678 g/mol. The standard InChI is InChI=1S/C34H36FN5O5S2/c1-6-44-29(41)12-8-7-11-24-19-26-28(47-24)15-16-36-30(26)40(23-10-9-17-39(20-23)33(43)45-34(3,4)5)32(42)25-14-13-22(18-27(25)35)31-38-37-21(2)46-31/h13-16,18-19,23H,6,8-10,12,17,20H2,1-5H3/t23-/m1/s1. The first-order chi connectivity index (χ1) is 22.4. The van der Waals surface area contributed by atoms with Crippen molar-refractivity contribution < 1.29 is 28.2 Å². The zero-order chi connectivity index (χ0) is 33.7. The largest absolute Gasteiger partial charge is 0.466 e. The maximum absolute atomic E-state index is 15.8. The third-order valence-electron chi connectivity index (χ3n) is 7.23. The van der Waals surface area contributed by atoms with Crippen LogP contribution in [0.1, 0.15) is 73.6 Å². The van der Waals surface area contributed by atoms with Gasteiger partial charge in [-0.25, -0.2) is 14.2 Å². The average Bonchev–Trinajstić information content (AvgIpc) is 3.65. The molecule has 1 aliphatic heterocycles. The lowest BCUT2D eigenvalue weighted by Crippen LogP contribution is -2.53. The van der Waals surface area contributed by atoms with Crippen molar-refractivity contribution in [3.63, 3.8) is 0 Å². The van der Waals surface area contributed by atoms with E-state index < -0.39 is 29.5 Å². The van der Waals surface area contributed by atoms with E-state index in [-0.39, 0.29) is 24.5 Å². The lowest BCUT2D eigenvalue weighted by Gasteiger charge is -2.39. The number of thiophene rings is 1. The lowest BCUT2D eigenvalue weighted by atomic mass is 10.0. The van der Waals surface area contributed by atoms with Gasteiger partial charge in [0, 0.05) is 41.4 Å². The first kappa shape index (κ1) is 33.9. The first-order valence-corrected chi connectivity index (χ1v) is 17.0. The number of carbonyl (C=O) groups is 3. The zero-order valence-corrected chi connectivity index (χ0v) is 28.6. The highest BCUT2D eigenvalue weighted by molar-refractivity contribution is 7.19. The number of ether oxygens (including phenoxy) is 2. The van der Waals surface area contributed by atoms with Crippen molar-refractivity contribution in [2.24, 2.45) is 0 Å². The van der Waals surface area contributed by atoms with Crippen molar-refractivity contribution in [1.82, 2.24) is 20.1 Å². The summed E-state index contributed by atoms with van der Waals surface area (Å²) in [6.45, 7) is 9.96. The molecule has 1 atom stereocenters. The highest BCUT2D eigenvalue weighted by Crippen LogP contribution is 2.35. The van der Waals surface area contributed by atoms with Gasteiger partial charge in [0.05, 0.1) is 29.5 Å². The lowest BCUT2D eigenvalue weighted by molar-refractivity contribution is -0.142. The number of esters is 1. The first-order valence-electron chi connectivity index (χ1n) is 15.4. The second-order valence-corrected chi connectivity index (χ2v) is 14.2. The Morgan fingerprint density at radius 2 is 1.96 bits per heavy atom. The fourth-order valence-corrected chi connectivity index (χ4v) is 6.82. The topological polar surface area (TPSA) is 115 Å². The van der Waals surface area contributed by atoms with Crippen LogP contribution in [0.4, 0.5) is 15.0 Å². The third-order valence-corrected chi connectivity index (χ3v) is 9.13. The second-order valence-electron chi connectivity index (χ2n) is 12.0. The number of amides is 2. The number of pyridine rings is 1. The van der Waals surface area contributed by atoms with Gasteiger partial charge >= 0.3 is 12.1 Å². The number of hydrogen-bond donors (Lipinski definition) is 0. The smallest absolute Gasteiger partial charge is 0.410 e. The van der Waals surface area contributed by atoms with Crippen molar-refractivity contribution in [3.8, 4) is 22.4 Å². The maximum atomic E-state index is 15.8. The predicted molar refractivity (Wildman–Crippen MR) is 180 cm³/mol. The minimum absolute atomic E-state index is 0.127. The van der Waals surface area contributed by atoms with E-state index in [1.165, 1.54) is 39.7 Å². The molecule has 0 aliphatic carbocycles. The van der Waals surface area contributed by atoms with Crippen LogP contribution >= 0.6 is 22.7 Å². The molecule has 0 spiro atoms. The van der Waals surface area contributed by atoms with Crippen LogP contribution in [0.2, 0.25) is 0 Å². The summed E-state index contributed by atoms with van der Waals surface area (Å²) in [5.41, 5.74) is -0.292. The Bertz CT molecular complexity index is 1850. The fraction of sp³-hybridized carbons (Fsp3) is 0.412. The van der Waals surface area contributed by atoms with E-state index in [4.69, 9.17) is 9.47 Å². The van der Waals surface area contributed by atoms with Crippen molar-refractivity contribution in [1.29, 1.82) is 0 Å². The molecule has 0 saturated carbocycles. The number of aryl methyl sites for hydroxylation is 1. The molecular formula is C34H36FN5O5S2. The van der Waals surface area contributed by atoms with Gasteiger partial charge in [-0.1, -0.05) is 29.2 Å². The van der Waals surface area contributed by atoms with Crippen LogP contribution in [0.3, 0.4) is 0 Å². The van der Waals surface area contributed by atoms with Gasteiger partial charge in [-0.3, -0.25) is 14.5 Å². The Labute approximate surface area is 280 Å². The van der Waals surface area contributed by atoms with Crippen molar-refractivity contribution in [2.75, 3.05) is 24.6 Å². The number of halogens is 1. The number of benzene rings is 1. The summed E-state index contributed by atoms with van der Waals surface area (Å²) in [4.78, 5) is 47.7. The molecule has 0 unspecified atom stereocenters. The van der Waals surface area contributed by atoms with Gasteiger partial charge in [0.2, 0.25) is 0 Å².